The molecule has 1 atom stereocenters. The fourth-order valence-corrected chi connectivity index (χ4v) is 3.37. The van der Waals surface area contributed by atoms with Crippen LogP contribution < -0.4 is 10.6 Å². The Balaban J connectivity index is 1.72. The van der Waals surface area contributed by atoms with E-state index in [0.29, 0.717) is 6.54 Å². The highest BCUT2D eigenvalue weighted by molar-refractivity contribution is 5.98. The zero-order valence-electron chi connectivity index (χ0n) is 13.7. The van der Waals surface area contributed by atoms with Crippen molar-refractivity contribution in [3.8, 4) is 23.1 Å². The molecule has 4 heterocycles. The van der Waals surface area contributed by atoms with Crippen LogP contribution in [0.1, 0.15) is 41.4 Å². The van der Waals surface area contributed by atoms with E-state index in [-0.39, 0.29) is 11.4 Å². The normalized spacial score (nSPS) is 22.5. The van der Waals surface area contributed by atoms with Crippen molar-refractivity contribution < 1.29 is 4.79 Å². The number of aromatic amines is 1. The maximum absolute atomic E-state index is 12.0. The van der Waals surface area contributed by atoms with Gasteiger partial charge < -0.3 is 15.6 Å². The van der Waals surface area contributed by atoms with Gasteiger partial charge >= 0.3 is 0 Å². The molecule has 1 saturated heterocycles. The summed E-state index contributed by atoms with van der Waals surface area (Å²) in [5.41, 5.74) is 4.40. The van der Waals surface area contributed by atoms with E-state index in [4.69, 9.17) is 0 Å². The Morgan fingerprint density at radius 1 is 1.29 bits per heavy atom. The van der Waals surface area contributed by atoms with Crippen LogP contribution in [0, 0.1) is 11.8 Å². The van der Waals surface area contributed by atoms with E-state index >= 15 is 0 Å². The van der Waals surface area contributed by atoms with Crippen molar-refractivity contribution >= 4 is 5.91 Å². The summed E-state index contributed by atoms with van der Waals surface area (Å²) in [6, 6.07) is 3.86. The Morgan fingerprint density at radius 2 is 2.21 bits per heavy atom. The number of H-pyrrole nitrogens is 1. The zero-order valence-corrected chi connectivity index (χ0v) is 13.7. The second kappa shape index (κ2) is 5.81. The predicted molar refractivity (Wildman–Crippen MR) is 92.6 cm³/mol. The van der Waals surface area contributed by atoms with Crippen molar-refractivity contribution in [3.63, 3.8) is 0 Å². The number of nitrogens with zero attached hydrogens (tertiary/aromatic N) is 1. The van der Waals surface area contributed by atoms with E-state index in [1.54, 1.807) is 12.4 Å². The molecule has 0 spiro atoms. The Bertz CT molecular complexity index is 850. The lowest BCUT2D eigenvalue weighted by Gasteiger charge is -2.15. The third-order valence-electron chi connectivity index (χ3n) is 4.76. The summed E-state index contributed by atoms with van der Waals surface area (Å²) >= 11 is 0. The standard InChI is InChI=1S/C19H20N4O/c1-19(6-2-8-22-19)7-3-13-12-20-9-4-14(13)17-11-15-16(23-17)5-10-21-18(15)24/h4,9,11-12,22-23H,2,5-6,8,10H2,1H3,(H,21,24)/t19-/m1/s1. The molecule has 0 saturated carbocycles. The van der Waals surface area contributed by atoms with Crippen molar-refractivity contribution in [3.05, 3.63) is 41.3 Å². The van der Waals surface area contributed by atoms with Crippen molar-refractivity contribution in [1.82, 2.24) is 20.6 Å². The number of carbonyl (C=O) groups is 1. The fraction of sp³-hybridized carbons (Fsp3) is 0.368. The maximum atomic E-state index is 12.0. The second-order valence-corrected chi connectivity index (χ2v) is 6.61. The first-order valence-corrected chi connectivity index (χ1v) is 8.37. The monoisotopic (exact) mass is 320 g/mol. The molecule has 5 nitrogen and oxygen atoms in total. The van der Waals surface area contributed by atoms with Crippen molar-refractivity contribution in [2.24, 2.45) is 0 Å². The van der Waals surface area contributed by atoms with Crippen LogP contribution >= 0.6 is 0 Å². The molecule has 1 amide bonds. The first-order valence-electron chi connectivity index (χ1n) is 8.37. The number of hydrogen-bond donors (Lipinski definition) is 3. The number of rotatable bonds is 1. The number of carbonyl (C=O) groups excluding carboxylic acids is 1. The van der Waals surface area contributed by atoms with Crippen molar-refractivity contribution in [2.45, 2.75) is 31.7 Å². The van der Waals surface area contributed by atoms with Gasteiger partial charge in [-0.1, -0.05) is 11.8 Å². The lowest BCUT2D eigenvalue weighted by Crippen LogP contribution is -2.34. The van der Waals surface area contributed by atoms with Gasteiger partial charge in [0.2, 0.25) is 0 Å². The van der Waals surface area contributed by atoms with Crippen LogP contribution in [0.25, 0.3) is 11.3 Å². The summed E-state index contributed by atoms with van der Waals surface area (Å²) in [5.74, 6) is 6.64. The second-order valence-electron chi connectivity index (χ2n) is 6.61. The molecule has 1 fully saturated rings. The van der Waals surface area contributed by atoms with E-state index in [0.717, 1.165) is 53.9 Å². The van der Waals surface area contributed by atoms with Gasteiger partial charge in [-0.2, -0.15) is 0 Å². The molecule has 3 N–H and O–H groups in total. The van der Waals surface area contributed by atoms with Gasteiger partial charge in [0.05, 0.1) is 16.7 Å². The largest absolute Gasteiger partial charge is 0.358 e. The van der Waals surface area contributed by atoms with Gasteiger partial charge in [-0.3, -0.25) is 9.78 Å². The Morgan fingerprint density at radius 3 is 3.00 bits per heavy atom. The van der Waals surface area contributed by atoms with E-state index in [1.165, 1.54) is 0 Å². The first kappa shape index (κ1) is 15.0. The third kappa shape index (κ3) is 2.70. The van der Waals surface area contributed by atoms with Crippen LogP contribution in [-0.2, 0) is 6.42 Å². The fourth-order valence-electron chi connectivity index (χ4n) is 3.37. The van der Waals surface area contributed by atoms with Gasteiger partial charge in [-0.05, 0) is 38.4 Å². The van der Waals surface area contributed by atoms with Crippen LogP contribution in [0.4, 0.5) is 0 Å². The lowest BCUT2D eigenvalue weighted by atomic mass is 9.99. The summed E-state index contributed by atoms with van der Waals surface area (Å²) < 4.78 is 0. The molecule has 122 valence electrons. The molecule has 2 aliphatic heterocycles. The average molecular weight is 320 g/mol. The number of amides is 1. The first-order chi connectivity index (χ1) is 11.6. The van der Waals surface area contributed by atoms with Gasteiger partial charge in [0.25, 0.3) is 5.91 Å². The predicted octanol–water partition coefficient (Wildman–Crippen LogP) is 1.86. The summed E-state index contributed by atoms with van der Waals surface area (Å²) in [6.07, 6.45) is 6.60. The molecule has 2 aliphatic rings. The van der Waals surface area contributed by atoms with Crippen molar-refractivity contribution in [2.75, 3.05) is 13.1 Å². The molecule has 2 aromatic rings. The molecule has 0 unspecified atom stereocenters. The molecule has 0 aliphatic carbocycles. The lowest BCUT2D eigenvalue weighted by molar-refractivity contribution is 0.0946. The minimum atomic E-state index is -0.123. The number of fused-ring (bicyclic) bond motifs is 1. The number of pyridine rings is 1. The molecule has 24 heavy (non-hydrogen) atoms. The molecular formula is C19H20N4O. The van der Waals surface area contributed by atoms with Gasteiger partial charge in [0.1, 0.15) is 0 Å². The molecule has 5 heteroatoms. The van der Waals surface area contributed by atoms with E-state index in [2.05, 4.69) is 39.4 Å². The summed E-state index contributed by atoms with van der Waals surface area (Å²) in [4.78, 5) is 19.6. The highest BCUT2D eigenvalue weighted by Crippen LogP contribution is 2.26. The summed E-state index contributed by atoms with van der Waals surface area (Å²) in [7, 11) is 0. The topological polar surface area (TPSA) is 69.8 Å². The summed E-state index contributed by atoms with van der Waals surface area (Å²) in [5, 5.41) is 6.33. The Labute approximate surface area is 141 Å². The highest BCUT2D eigenvalue weighted by Gasteiger charge is 2.25. The van der Waals surface area contributed by atoms with Crippen LogP contribution in [-0.4, -0.2) is 34.5 Å². The van der Waals surface area contributed by atoms with Crippen LogP contribution in [0.2, 0.25) is 0 Å². The van der Waals surface area contributed by atoms with E-state index in [9.17, 15) is 4.79 Å². The molecular weight excluding hydrogens is 300 g/mol. The highest BCUT2D eigenvalue weighted by atomic mass is 16.1. The number of hydrogen-bond acceptors (Lipinski definition) is 3. The van der Waals surface area contributed by atoms with E-state index < -0.39 is 0 Å². The average Bonchev–Trinajstić information content (AvgIpc) is 3.21. The zero-order chi connectivity index (χ0) is 16.6. The maximum Gasteiger partial charge on any atom is 0.253 e. The molecule has 4 rings (SSSR count). The van der Waals surface area contributed by atoms with Crippen LogP contribution in [0.5, 0.6) is 0 Å². The third-order valence-corrected chi connectivity index (χ3v) is 4.76. The van der Waals surface area contributed by atoms with Gasteiger partial charge in [-0.25, -0.2) is 0 Å². The quantitative estimate of drug-likeness (QED) is 0.703. The number of nitrogens with one attached hydrogen (secondary N) is 3. The van der Waals surface area contributed by atoms with Gasteiger partial charge in [0, 0.05) is 42.3 Å². The van der Waals surface area contributed by atoms with Crippen LogP contribution in [0.3, 0.4) is 0 Å². The van der Waals surface area contributed by atoms with Gasteiger partial charge in [0.15, 0.2) is 0 Å². The van der Waals surface area contributed by atoms with Gasteiger partial charge in [-0.15, -0.1) is 0 Å². The minimum absolute atomic E-state index is 0.0110. The number of aromatic nitrogens is 2. The molecule has 0 aromatic carbocycles. The van der Waals surface area contributed by atoms with E-state index in [1.807, 2.05) is 12.1 Å². The minimum Gasteiger partial charge on any atom is -0.358 e. The molecule has 0 bridgehead atoms. The smallest absolute Gasteiger partial charge is 0.253 e. The van der Waals surface area contributed by atoms with Crippen LogP contribution in [0.15, 0.2) is 24.5 Å². The molecule has 2 aromatic heterocycles. The Hall–Kier alpha value is -2.58. The SMILES string of the molecule is C[C@]1(C#Cc2cnccc2-c2cc3c([nH]2)CCNC3=O)CCCN1. The summed E-state index contributed by atoms with van der Waals surface area (Å²) in [6.45, 7) is 3.84. The Kier molecular flexibility index (Phi) is 3.62. The molecule has 0 radical (unpaired) electrons. The van der Waals surface area contributed by atoms with Crippen molar-refractivity contribution in [1.29, 1.82) is 0 Å².